The molecule has 0 aliphatic carbocycles. The molecule has 0 fully saturated rings. The van der Waals surface area contributed by atoms with Gasteiger partial charge in [-0.2, -0.15) is 0 Å². The maximum absolute atomic E-state index is 12.3. The molecular weight excluding hydrogens is 454 g/mol. The van der Waals surface area contributed by atoms with E-state index in [1.54, 1.807) is 23.9 Å². The lowest BCUT2D eigenvalue weighted by Gasteiger charge is -2.10. The Bertz CT molecular complexity index is 1230. The predicted octanol–water partition coefficient (Wildman–Crippen LogP) is 5.17. The van der Waals surface area contributed by atoms with Crippen molar-refractivity contribution in [1.29, 1.82) is 0 Å². The van der Waals surface area contributed by atoms with Crippen LogP contribution in [0.5, 0.6) is 0 Å². The lowest BCUT2D eigenvalue weighted by Crippen LogP contribution is -2.15. The van der Waals surface area contributed by atoms with Crippen molar-refractivity contribution < 1.29 is 14.3 Å². The zero-order valence-corrected chi connectivity index (χ0v) is 19.5. The molecule has 0 spiro atoms. The quantitative estimate of drug-likeness (QED) is 0.188. The second kappa shape index (κ2) is 11.0. The highest BCUT2D eigenvalue weighted by atomic mass is 32.2. The Morgan fingerprint density at radius 2 is 1.55 bits per heavy atom. The molecule has 3 aromatic carbocycles. The largest absolute Gasteiger partial charge is 0.457 e. The van der Waals surface area contributed by atoms with Gasteiger partial charge in [0.2, 0.25) is 0 Å². The molecule has 166 valence electrons. The van der Waals surface area contributed by atoms with Crippen LogP contribution in [0.25, 0.3) is 17.1 Å². The number of carbonyl (C=O) groups is 2. The summed E-state index contributed by atoms with van der Waals surface area (Å²) < 4.78 is 7.11. The molecule has 0 aliphatic heterocycles. The van der Waals surface area contributed by atoms with Crippen LogP contribution in [-0.4, -0.2) is 45.1 Å². The number of rotatable bonds is 9. The van der Waals surface area contributed by atoms with E-state index in [4.69, 9.17) is 4.74 Å². The second-order valence-corrected chi connectivity index (χ2v) is 8.77. The van der Waals surface area contributed by atoms with Gasteiger partial charge in [-0.15, -0.1) is 22.0 Å². The Morgan fingerprint density at radius 1 is 0.879 bits per heavy atom. The van der Waals surface area contributed by atoms with Gasteiger partial charge >= 0.3 is 5.97 Å². The van der Waals surface area contributed by atoms with E-state index in [1.165, 1.54) is 11.8 Å². The zero-order chi connectivity index (χ0) is 23.0. The number of nitrogens with zero attached hydrogens (tertiary/aromatic N) is 3. The average molecular weight is 476 g/mol. The number of esters is 1. The lowest BCUT2D eigenvalue weighted by molar-refractivity contribution is -0.139. The number of hydrogen-bond donors (Lipinski definition) is 0. The van der Waals surface area contributed by atoms with Crippen molar-refractivity contribution in [2.24, 2.45) is 0 Å². The summed E-state index contributed by atoms with van der Waals surface area (Å²) in [5.41, 5.74) is 2.33. The summed E-state index contributed by atoms with van der Waals surface area (Å²) in [4.78, 5) is 25.7. The Hall–Kier alpha value is -3.36. The standard InChI is InChI=1S/C25H21N3O3S2/c1-32-21-14-12-18(13-15-21)22(29)16-31-23(30)17-33-25-27-26-24(19-8-4-2-5-9-19)28(25)20-10-6-3-7-11-20/h2-15H,16-17H2,1H3. The molecule has 0 N–H and O–H groups in total. The van der Waals surface area contributed by atoms with Crippen LogP contribution >= 0.6 is 23.5 Å². The molecule has 4 aromatic rings. The van der Waals surface area contributed by atoms with Crippen LogP contribution in [-0.2, 0) is 9.53 Å². The van der Waals surface area contributed by atoms with Crippen LogP contribution < -0.4 is 0 Å². The first-order chi connectivity index (χ1) is 16.2. The predicted molar refractivity (Wildman–Crippen MR) is 131 cm³/mol. The smallest absolute Gasteiger partial charge is 0.316 e. The summed E-state index contributed by atoms with van der Waals surface area (Å²) in [6.45, 7) is -0.293. The van der Waals surface area contributed by atoms with Gasteiger partial charge in [0.1, 0.15) is 0 Å². The first-order valence-corrected chi connectivity index (χ1v) is 12.4. The van der Waals surface area contributed by atoms with Crippen molar-refractivity contribution in [2.75, 3.05) is 18.6 Å². The fourth-order valence-corrected chi connectivity index (χ4v) is 4.28. The van der Waals surface area contributed by atoms with Crippen LogP contribution in [0, 0.1) is 0 Å². The van der Waals surface area contributed by atoms with Gasteiger partial charge in [-0.1, -0.05) is 72.4 Å². The molecule has 1 aromatic heterocycles. The van der Waals surface area contributed by atoms with Gasteiger partial charge in [0.25, 0.3) is 0 Å². The first-order valence-electron chi connectivity index (χ1n) is 10.2. The maximum atomic E-state index is 12.3. The third-order valence-corrected chi connectivity index (χ3v) is 6.42. The molecule has 1 heterocycles. The molecule has 0 unspecified atom stereocenters. The summed E-state index contributed by atoms with van der Waals surface area (Å²) in [7, 11) is 0. The Balaban J connectivity index is 1.43. The van der Waals surface area contributed by atoms with Gasteiger partial charge in [0.15, 0.2) is 23.4 Å². The number of aromatic nitrogens is 3. The number of hydrogen-bond acceptors (Lipinski definition) is 7. The number of carbonyl (C=O) groups excluding carboxylic acids is 2. The van der Waals surface area contributed by atoms with E-state index in [0.29, 0.717) is 16.5 Å². The second-order valence-electron chi connectivity index (χ2n) is 6.94. The third kappa shape index (κ3) is 5.71. The minimum atomic E-state index is -0.488. The minimum absolute atomic E-state index is 0.0124. The van der Waals surface area contributed by atoms with Gasteiger partial charge < -0.3 is 4.74 Å². The summed E-state index contributed by atoms with van der Waals surface area (Å²) in [5.74, 6) is -0.0300. The van der Waals surface area contributed by atoms with Crippen LogP contribution in [0.3, 0.4) is 0 Å². The highest BCUT2D eigenvalue weighted by molar-refractivity contribution is 7.99. The van der Waals surface area contributed by atoms with Crippen molar-refractivity contribution in [1.82, 2.24) is 14.8 Å². The SMILES string of the molecule is CSc1ccc(C(=O)COC(=O)CSc2nnc(-c3ccccc3)n2-c2ccccc2)cc1. The Labute approximate surface area is 200 Å². The van der Waals surface area contributed by atoms with E-state index < -0.39 is 5.97 Å². The van der Waals surface area contributed by atoms with Crippen molar-refractivity contribution in [3.05, 3.63) is 90.5 Å². The van der Waals surface area contributed by atoms with Crippen LogP contribution in [0.4, 0.5) is 0 Å². The topological polar surface area (TPSA) is 74.1 Å². The monoisotopic (exact) mass is 475 g/mol. The van der Waals surface area contributed by atoms with E-state index in [1.807, 2.05) is 83.6 Å². The third-order valence-electron chi connectivity index (χ3n) is 4.78. The lowest BCUT2D eigenvalue weighted by atomic mass is 10.1. The molecule has 8 heteroatoms. The van der Waals surface area contributed by atoms with Crippen molar-refractivity contribution >= 4 is 35.3 Å². The fourth-order valence-electron chi connectivity index (χ4n) is 3.12. The summed E-state index contributed by atoms with van der Waals surface area (Å²) in [6.07, 6.45) is 1.97. The number of thioether (sulfide) groups is 2. The molecule has 0 amide bonds. The zero-order valence-electron chi connectivity index (χ0n) is 17.9. The molecule has 0 radical (unpaired) electrons. The molecule has 6 nitrogen and oxygen atoms in total. The summed E-state index contributed by atoms with van der Waals surface area (Å²) in [6, 6.07) is 26.7. The van der Waals surface area contributed by atoms with E-state index in [-0.39, 0.29) is 18.1 Å². The van der Waals surface area contributed by atoms with Crippen molar-refractivity contribution in [3.63, 3.8) is 0 Å². The Morgan fingerprint density at radius 3 is 2.21 bits per heavy atom. The summed E-state index contributed by atoms with van der Waals surface area (Å²) >= 11 is 2.82. The molecule has 0 aliphatic rings. The van der Waals surface area contributed by atoms with Gasteiger partial charge in [-0.05, 0) is 30.5 Å². The first kappa shape index (κ1) is 22.8. The molecule has 0 bridgehead atoms. The average Bonchev–Trinajstić information content (AvgIpc) is 3.31. The summed E-state index contributed by atoms with van der Waals surface area (Å²) in [5, 5.41) is 9.22. The van der Waals surface area contributed by atoms with Gasteiger partial charge in [0, 0.05) is 21.7 Å². The van der Waals surface area contributed by atoms with E-state index >= 15 is 0 Å². The van der Waals surface area contributed by atoms with Crippen LogP contribution in [0.2, 0.25) is 0 Å². The number of para-hydroxylation sites is 1. The molecule has 0 atom stereocenters. The number of ether oxygens (including phenoxy) is 1. The molecular formula is C25H21N3O3S2. The molecule has 0 saturated heterocycles. The van der Waals surface area contributed by atoms with E-state index in [9.17, 15) is 9.59 Å². The molecule has 33 heavy (non-hydrogen) atoms. The number of Topliss-reactive ketones (excluding diaryl/α,β-unsaturated/α-hetero) is 1. The highest BCUT2D eigenvalue weighted by Crippen LogP contribution is 2.27. The van der Waals surface area contributed by atoms with Crippen LogP contribution in [0.15, 0.2) is 95.0 Å². The molecule has 0 saturated carbocycles. The van der Waals surface area contributed by atoms with Crippen molar-refractivity contribution in [2.45, 2.75) is 10.1 Å². The maximum Gasteiger partial charge on any atom is 0.316 e. The van der Waals surface area contributed by atoms with Gasteiger partial charge in [-0.3, -0.25) is 14.2 Å². The molecule has 4 rings (SSSR count). The van der Waals surface area contributed by atoms with Crippen LogP contribution in [0.1, 0.15) is 10.4 Å². The highest BCUT2D eigenvalue weighted by Gasteiger charge is 2.18. The van der Waals surface area contributed by atoms with Gasteiger partial charge in [0.05, 0.1) is 5.75 Å². The number of benzene rings is 3. The number of ketones is 1. The van der Waals surface area contributed by atoms with Gasteiger partial charge in [-0.25, -0.2) is 0 Å². The fraction of sp³-hybridized carbons (Fsp3) is 0.120. The normalized spacial score (nSPS) is 10.7. The Kier molecular flexibility index (Phi) is 7.59. The van der Waals surface area contributed by atoms with E-state index in [0.717, 1.165) is 16.1 Å². The minimum Gasteiger partial charge on any atom is -0.457 e. The van der Waals surface area contributed by atoms with Crippen molar-refractivity contribution in [3.8, 4) is 17.1 Å². The van der Waals surface area contributed by atoms with E-state index in [2.05, 4.69) is 10.2 Å².